The Labute approximate surface area is 391 Å². The summed E-state index contributed by atoms with van der Waals surface area (Å²) in [6.07, 6.45) is 8.67. The second kappa shape index (κ2) is 19.4. The van der Waals surface area contributed by atoms with Crippen LogP contribution in [0.25, 0.3) is 0 Å². The summed E-state index contributed by atoms with van der Waals surface area (Å²) in [6.45, 7) is 10.1. The molecule has 0 aromatic heterocycles. The average Bonchev–Trinajstić information content (AvgIpc) is 3.41. The Balaban J connectivity index is 0.991. The highest BCUT2D eigenvalue weighted by Gasteiger charge is 2.46. The number of hydrogen-bond donors (Lipinski definition) is 0. The van der Waals surface area contributed by atoms with Crippen LogP contribution < -0.4 is 19.1 Å². The number of fused-ring (bicyclic) bond motifs is 3. The van der Waals surface area contributed by atoms with Crippen molar-refractivity contribution in [1.82, 2.24) is 4.31 Å². The zero-order valence-corrected chi connectivity index (χ0v) is 40.6. The number of nitrogens with zero attached hydrogens (tertiary/aromatic N) is 2. The monoisotopic (exact) mass is 924 g/mol. The molecule has 4 aromatic rings. The molecule has 1 spiro atoms. The van der Waals surface area contributed by atoms with Crippen LogP contribution in [0.5, 0.6) is 17.2 Å². The summed E-state index contributed by atoms with van der Waals surface area (Å²) < 4.78 is 60.1. The van der Waals surface area contributed by atoms with E-state index in [4.69, 9.17) is 35.3 Å². The van der Waals surface area contributed by atoms with Gasteiger partial charge in [-0.1, -0.05) is 48.0 Å². The maximum absolute atomic E-state index is 14.4. The standard InChI is InChI=1S/C53H65ClN2O8S/c1-35(65(58,59)56(30-36-10-17-44(60-5)18-11-36)31-37-12-19-45(61-6)20-13-37)25-38-26-42(27-38)50(62-7)46-21-14-41(46)32-55-33-53(24-8-9-39-28-43(54)16-22-47(39)53)34-63-49-23-15-40(29-48(49)55)51(57)64-52(2,3)4/h10-13,15-20,22-23,26,28-29,35,38,41,46,50H,8-9,14,21,24-25,27,30-34H2,1-7H3/t35-,38+,41+,46-,50-,53+/m1/s1. The molecule has 0 radical (unpaired) electrons. The summed E-state index contributed by atoms with van der Waals surface area (Å²) in [5, 5.41) is 0.156. The third kappa shape index (κ3) is 10.4. The number of methoxy groups -OCH3 is 3. The molecule has 0 bridgehead atoms. The summed E-state index contributed by atoms with van der Waals surface area (Å²) in [7, 11) is 1.35. The molecule has 3 aliphatic carbocycles. The van der Waals surface area contributed by atoms with Gasteiger partial charge in [0, 0.05) is 43.7 Å². The molecule has 1 aliphatic heterocycles. The van der Waals surface area contributed by atoms with E-state index in [1.807, 2.05) is 100 Å². The fourth-order valence-corrected chi connectivity index (χ4v) is 12.4. The van der Waals surface area contributed by atoms with Crippen LogP contribution in [0.2, 0.25) is 5.02 Å². The molecular formula is C53H65ClN2O8S. The van der Waals surface area contributed by atoms with E-state index in [2.05, 4.69) is 23.1 Å². The van der Waals surface area contributed by atoms with E-state index in [0.29, 0.717) is 30.4 Å². The lowest BCUT2D eigenvalue weighted by molar-refractivity contribution is 0.000410. The molecule has 4 aromatic carbocycles. The third-order valence-electron chi connectivity index (χ3n) is 14.1. The topological polar surface area (TPSA) is 104 Å². The van der Waals surface area contributed by atoms with Crippen molar-refractivity contribution in [3.8, 4) is 17.2 Å². The van der Waals surface area contributed by atoms with Crippen LogP contribution in [-0.4, -0.2) is 76.7 Å². The summed E-state index contributed by atoms with van der Waals surface area (Å²) in [5.41, 5.74) is 6.17. The Morgan fingerprint density at radius 1 is 0.923 bits per heavy atom. The number of anilines is 1. The SMILES string of the molecule is COc1ccc(CN(Cc2ccc(OC)cc2)S(=O)(=O)[C@H](C)C[C@H]2C=C([C@@H](OC)[C@@H]3CC[C@H]3CN3C[C@@]4(CCCc5cc(Cl)ccc54)COc4ccc(C(=O)OC(C)(C)C)cc43)C2)cc1. The lowest BCUT2D eigenvalue weighted by atomic mass is 9.65. The molecule has 6 atom stereocenters. The minimum absolute atomic E-state index is 0.0548. The van der Waals surface area contributed by atoms with Crippen molar-refractivity contribution in [2.45, 2.75) is 108 Å². The van der Waals surface area contributed by atoms with Crippen molar-refractivity contribution in [3.63, 3.8) is 0 Å². The number of hydrogen-bond acceptors (Lipinski definition) is 9. The lowest BCUT2D eigenvalue weighted by Gasteiger charge is -2.48. The molecule has 1 fully saturated rings. The first-order valence-corrected chi connectivity index (χ1v) is 25.0. The molecule has 1 saturated carbocycles. The van der Waals surface area contributed by atoms with Gasteiger partial charge >= 0.3 is 5.97 Å². The van der Waals surface area contributed by atoms with E-state index in [-0.39, 0.29) is 36.5 Å². The van der Waals surface area contributed by atoms with Gasteiger partial charge in [0.1, 0.15) is 22.8 Å². The van der Waals surface area contributed by atoms with Gasteiger partial charge in [0.05, 0.1) is 43.4 Å². The molecule has 0 N–H and O–H groups in total. The first kappa shape index (κ1) is 47.0. The minimum atomic E-state index is -3.70. The predicted octanol–water partition coefficient (Wildman–Crippen LogP) is 10.6. The van der Waals surface area contributed by atoms with Crippen LogP contribution in [0, 0.1) is 17.8 Å². The molecule has 8 rings (SSSR count). The molecular weight excluding hydrogens is 860 g/mol. The Morgan fingerprint density at radius 3 is 2.17 bits per heavy atom. The number of esters is 1. The summed E-state index contributed by atoms with van der Waals surface area (Å²) >= 11 is 6.53. The van der Waals surface area contributed by atoms with Gasteiger partial charge in [0.25, 0.3) is 0 Å². The largest absolute Gasteiger partial charge is 0.497 e. The van der Waals surface area contributed by atoms with Gasteiger partial charge in [-0.3, -0.25) is 0 Å². The number of halogens is 1. The molecule has 0 saturated heterocycles. The Hall–Kier alpha value is -4.55. The highest BCUT2D eigenvalue weighted by atomic mass is 35.5. The van der Waals surface area contributed by atoms with Crippen LogP contribution in [0.4, 0.5) is 5.69 Å². The van der Waals surface area contributed by atoms with E-state index in [1.165, 1.54) is 16.7 Å². The smallest absolute Gasteiger partial charge is 0.338 e. The van der Waals surface area contributed by atoms with E-state index < -0.39 is 20.9 Å². The van der Waals surface area contributed by atoms with E-state index in [9.17, 15) is 13.2 Å². The van der Waals surface area contributed by atoms with Crippen LogP contribution in [0.1, 0.15) is 98.8 Å². The third-order valence-corrected chi connectivity index (χ3v) is 16.5. The van der Waals surface area contributed by atoms with Crippen LogP contribution >= 0.6 is 11.6 Å². The zero-order valence-electron chi connectivity index (χ0n) is 39.0. The fourth-order valence-electron chi connectivity index (χ4n) is 10.5. The number of benzene rings is 4. The second-order valence-electron chi connectivity index (χ2n) is 19.7. The number of ether oxygens (including phenoxy) is 5. The molecule has 4 aliphatic rings. The van der Waals surface area contributed by atoms with Gasteiger partial charge in [0.15, 0.2) is 0 Å². The summed E-state index contributed by atoms with van der Waals surface area (Å²) in [6, 6.07) is 27.1. The van der Waals surface area contributed by atoms with E-state index in [1.54, 1.807) is 25.6 Å². The number of rotatable bonds is 16. The van der Waals surface area contributed by atoms with Gasteiger partial charge < -0.3 is 28.6 Å². The van der Waals surface area contributed by atoms with Crippen molar-refractivity contribution >= 4 is 33.3 Å². The number of carbonyl (C=O) groups is 1. The zero-order chi connectivity index (χ0) is 46.1. The summed E-state index contributed by atoms with van der Waals surface area (Å²) in [4.78, 5) is 15.9. The lowest BCUT2D eigenvalue weighted by Crippen LogP contribution is -2.50. The number of allylic oxidation sites excluding steroid dienone is 1. The Bertz CT molecular complexity index is 2420. The molecule has 0 unspecified atom stereocenters. The number of aryl methyl sites for hydroxylation is 1. The quantitative estimate of drug-likeness (QED) is 0.0803. The molecule has 348 valence electrons. The van der Waals surface area contributed by atoms with Crippen molar-refractivity contribution in [3.05, 3.63) is 129 Å². The van der Waals surface area contributed by atoms with Gasteiger partial charge in [-0.15, -0.1) is 0 Å². The number of carbonyl (C=O) groups excluding carboxylic acids is 1. The Morgan fingerprint density at radius 2 is 1.58 bits per heavy atom. The van der Waals surface area contributed by atoms with Gasteiger partial charge in [-0.2, -0.15) is 4.31 Å². The van der Waals surface area contributed by atoms with Gasteiger partial charge in [-0.25, -0.2) is 13.2 Å². The average molecular weight is 926 g/mol. The van der Waals surface area contributed by atoms with E-state index >= 15 is 0 Å². The van der Waals surface area contributed by atoms with Crippen LogP contribution in [-0.2, 0) is 44.4 Å². The van der Waals surface area contributed by atoms with Crippen molar-refractivity contribution in [2.75, 3.05) is 45.9 Å². The molecule has 10 nitrogen and oxygen atoms in total. The first-order chi connectivity index (χ1) is 31.1. The maximum atomic E-state index is 14.4. The Kier molecular flexibility index (Phi) is 14.0. The van der Waals surface area contributed by atoms with Crippen LogP contribution in [0.3, 0.4) is 0 Å². The molecule has 1 heterocycles. The van der Waals surface area contributed by atoms with Crippen molar-refractivity contribution < 1.29 is 36.9 Å². The van der Waals surface area contributed by atoms with Crippen LogP contribution in [0.15, 0.2) is 96.6 Å². The second-order valence-corrected chi connectivity index (χ2v) is 22.5. The highest BCUT2D eigenvalue weighted by Crippen LogP contribution is 2.49. The first-order valence-electron chi connectivity index (χ1n) is 23.1. The highest BCUT2D eigenvalue weighted by molar-refractivity contribution is 7.89. The fraction of sp³-hybridized carbons (Fsp3) is 0.491. The van der Waals surface area contributed by atoms with Gasteiger partial charge in [0.2, 0.25) is 10.0 Å². The van der Waals surface area contributed by atoms with Crippen molar-refractivity contribution in [1.29, 1.82) is 0 Å². The summed E-state index contributed by atoms with van der Waals surface area (Å²) in [5.74, 6) is 2.64. The molecule has 65 heavy (non-hydrogen) atoms. The van der Waals surface area contributed by atoms with Gasteiger partial charge in [-0.05, 0) is 173 Å². The molecule has 0 amide bonds. The predicted molar refractivity (Wildman–Crippen MR) is 257 cm³/mol. The number of sulfonamides is 1. The van der Waals surface area contributed by atoms with E-state index in [0.717, 1.165) is 90.7 Å². The van der Waals surface area contributed by atoms with Crippen molar-refractivity contribution in [2.24, 2.45) is 17.8 Å². The molecule has 12 heteroatoms. The maximum Gasteiger partial charge on any atom is 0.338 e. The minimum Gasteiger partial charge on any atom is -0.497 e. The normalized spacial score (nSPS) is 22.6.